The first-order chi connectivity index (χ1) is 11.7. The molecule has 4 rings (SSSR count). The molecule has 24 heavy (non-hydrogen) atoms. The van der Waals surface area contributed by atoms with E-state index in [1.807, 2.05) is 36.2 Å². The second-order valence-corrected chi connectivity index (χ2v) is 6.65. The summed E-state index contributed by atoms with van der Waals surface area (Å²) in [7, 11) is 0. The van der Waals surface area contributed by atoms with Crippen LogP contribution in [-0.4, -0.2) is 33.5 Å². The number of hydrogen-bond acceptors (Lipinski definition) is 3. The fourth-order valence-electron chi connectivity index (χ4n) is 3.94. The number of fused-ring (bicyclic) bond motifs is 4. The molecule has 0 radical (unpaired) electrons. The largest absolute Gasteiger partial charge is 0.338 e. The lowest BCUT2D eigenvalue weighted by molar-refractivity contribution is 0.165. The zero-order chi connectivity index (χ0) is 16.5. The van der Waals surface area contributed by atoms with E-state index in [0.717, 1.165) is 42.8 Å². The van der Waals surface area contributed by atoms with Crippen molar-refractivity contribution in [2.24, 2.45) is 0 Å². The van der Waals surface area contributed by atoms with Gasteiger partial charge in [0.05, 0.1) is 11.7 Å². The van der Waals surface area contributed by atoms with Crippen LogP contribution in [-0.2, 0) is 12.8 Å². The molecule has 2 bridgehead atoms. The second kappa shape index (κ2) is 6.23. The fraction of sp³-hybridized carbons (Fsp3) is 0.421. The van der Waals surface area contributed by atoms with Gasteiger partial charge >= 0.3 is 6.03 Å². The molecule has 2 aromatic rings. The van der Waals surface area contributed by atoms with E-state index in [4.69, 9.17) is 0 Å². The van der Waals surface area contributed by atoms with Crippen LogP contribution in [0.4, 0.5) is 4.79 Å². The van der Waals surface area contributed by atoms with Crippen molar-refractivity contribution in [2.75, 3.05) is 6.54 Å². The van der Waals surface area contributed by atoms with Crippen LogP contribution in [0.15, 0.2) is 36.5 Å². The van der Waals surface area contributed by atoms with Gasteiger partial charge in [0, 0.05) is 30.8 Å². The number of nitrogens with one attached hydrogen (secondary N) is 1. The van der Waals surface area contributed by atoms with Gasteiger partial charge in [-0.3, -0.25) is 0 Å². The van der Waals surface area contributed by atoms with Crippen LogP contribution < -0.4 is 5.32 Å². The van der Waals surface area contributed by atoms with E-state index in [1.54, 1.807) is 0 Å². The Bertz CT molecular complexity index is 746. The first kappa shape index (κ1) is 15.1. The molecule has 2 aliphatic heterocycles. The maximum absolute atomic E-state index is 12.7. The SMILES string of the molecule is Cc1ncc2c(n1)C[C@@H]1CC[C@H]2N1C(=O)NCCc1ccccc1. The highest BCUT2D eigenvalue weighted by molar-refractivity contribution is 5.76. The van der Waals surface area contributed by atoms with Gasteiger partial charge in [0.2, 0.25) is 0 Å². The number of nitrogens with zero attached hydrogens (tertiary/aromatic N) is 3. The van der Waals surface area contributed by atoms with Gasteiger partial charge in [0.25, 0.3) is 0 Å². The van der Waals surface area contributed by atoms with Crippen LogP contribution in [0.1, 0.15) is 41.5 Å². The third-order valence-electron chi connectivity index (χ3n) is 5.08. The van der Waals surface area contributed by atoms with Crippen LogP contribution in [0.3, 0.4) is 0 Å². The monoisotopic (exact) mass is 322 g/mol. The van der Waals surface area contributed by atoms with Crippen molar-refractivity contribution in [1.29, 1.82) is 0 Å². The Morgan fingerprint density at radius 3 is 2.96 bits per heavy atom. The minimum Gasteiger partial charge on any atom is -0.338 e. The molecule has 3 heterocycles. The number of aryl methyl sites for hydroxylation is 1. The standard InChI is InChI=1S/C19H22N4O/c1-13-21-12-16-17(22-13)11-15-7-8-18(16)23(15)19(24)20-10-9-14-5-3-2-4-6-14/h2-6,12,15,18H,7-11H2,1H3,(H,20,24)/t15-,18+/m0/s1. The first-order valence-corrected chi connectivity index (χ1v) is 8.65. The van der Waals surface area contributed by atoms with Crippen LogP contribution >= 0.6 is 0 Å². The smallest absolute Gasteiger partial charge is 0.318 e. The van der Waals surface area contributed by atoms with Crippen molar-refractivity contribution in [2.45, 2.75) is 44.7 Å². The number of aromatic nitrogens is 2. The molecule has 0 spiro atoms. The van der Waals surface area contributed by atoms with Crippen molar-refractivity contribution in [3.63, 3.8) is 0 Å². The van der Waals surface area contributed by atoms with Gasteiger partial charge in [-0.05, 0) is 31.7 Å². The van der Waals surface area contributed by atoms with Crippen LogP contribution in [0.25, 0.3) is 0 Å². The summed E-state index contributed by atoms with van der Waals surface area (Å²) in [5.74, 6) is 0.814. The highest BCUT2D eigenvalue weighted by Crippen LogP contribution is 2.42. The molecule has 2 atom stereocenters. The van der Waals surface area contributed by atoms with Crippen molar-refractivity contribution in [3.05, 3.63) is 59.2 Å². The topological polar surface area (TPSA) is 58.1 Å². The van der Waals surface area contributed by atoms with Gasteiger partial charge in [-0.15, -0.1) is 0 Å². The molecule has 0 saturated carbocycles. The number of amides is 2. The molecule has 5 nitrogen and oxygen atoms in total. The van der Waals surface area contributed by atoms with Gasteiger partial charge in [0.1, 0.15) is 5.82 Å². The average Bonchev–Trinajstić information content (AvgIpc) is 2.91. The molecule has 1 aromatic heterocycles. The number of hydrogen-bond donors (Lipinski definition) is 1. The molecule has 2 aliphatic rings. The van der Waals surface area contributed by atoms with Crippen molar-refractivity contribution in [3.8, 4) is 0 Å². The summed E-state index contributed by atoms with van der Waals surface area (Å²) >= 11 is 0. The number of carbonyl (C=O) groups is 1. The van der Waals surface area contributed by atoms with E-state index in [-0.39, 0.29) is 18.1 Å². The Hall–Kier alpha value is -2.43. The summed E-state index contributed by atoms with van der Waals surface area (Å²) in [6, 6.07) is 10.7. The van der Waals surface area contributed by atoms with Crippen molar-refractivity contribution >= 4 is 6.03 Å². The lowest BCUT2D eigenvalue weighted by Crippen LogP contribution is -2.47. The highest BCUT2D eigenvalue weighted by Gasteiger charge is 2.43. The number of urea groups is 1. The zero-order valence-corrected chi connectivity index (χ0v) is 13.9. The first-order valence-electron chi connectivity index (χ1n) is 8.65. The van der Waals surface area contributed by atoms with Gasteiger partial charge in [-0.25, -0.2) is 14.8 Å². The summed E-state index contributed by atoms with van der Waals surface area (Å²) in [5.41, 5.74) is 3.50. The lowest BCUT2D eigenvalue weighted by atomic mass is 9.99. The number of rotatable bonds is 3. The third kappa shape index (κ3) is 2.75. The van der Waals surface area contributed by atoms with E-state index in [0.29, 0.717) is 6.54 Å². The van der Waals surface area contributed by atoms with E-state index >= 15 is 0 Å². The quantitative estimate of drug-likeness (QED) is 0.945. The molecular formula is C19H22N4O. The van der Waals surface area contributed by atoms with Gasteiger partial charge in [0.15, 0.2) is 0 Å². The van der Waals surface area contributed by atoms with E-state index < -0.39 is 0 Å². The lowest BCUT2D eigenvalue weighted by Gasteiger charge is -2.35. The Morgan fingerprint density at radius 2 is 2.12 bits per heavy atom. The molecule has 1 aromatic carbocycles. The third-order valence-corrected chi connectivity index (χ3v) is 5.08. The van der Waals surface area contributed by atoms with E-state index in [1.165, 1.54) is 5.56 Å². The maximum atomic E-state index is 12.7. The second-order valence-electron chi connectivity index (χ2n) is 6.65. The molecule has 5 heteroatoms. The van der Waals surface area contributed by atoms with Crippen LogP contribution in [0, 0.1) is 6.92 Å². The molecule has 2 amide bonds. The fourth-order valence-corrected chi connectivity index (χ4v) is 3.94. The summed E-state index contributed by atoms with van der Waals surface area (Å²) in [4.78, 5) is 23.6. The predicted molar refractivity (Wildman–Crippen MR) is 91.6 cm³/mol. The summed E-state index contributed by atoms with van der Waals surface area (Å²) in [5, 5.41) is 3.09. The van der Waals surface area contributed by atoms with Crippen LogP contribution in [0.5, 0.6) is 0 Å². The normalized spacial score (nSPS) is 21.5. The molecule has 1 fully saturated rings. The number of benzene rings is 1. The molecular weight excluding hydrogens is 300 g/mol. The van der Waals surface area contributed by atoms with Crippen molar-refractivity contribution in [1.82, 2.24) is 20.2 Å². The molecule has 1 N–H and O–H groups in total. The maximum Gasteiger partial charge on any atom is 0.318 e. The predicted octanol–water partition coefficient (Wildman–Crippen LogP) is 2.80. The minimum atomic E-state index is 0.0460. The van der Waals surface area contributed by atoms with Crippen LogP contribution in [0.2, 0.25) is 0 Å². The summed E-state index contributed by atoms with van der Waals surface area (Å²) in [6.45, 7) is 2.58. The zero-order valence-electron chi connectivity index (χ0n) is 13.9. The Balaban J connectivity index is 1.43. The molecule has 0 unspecified atom stereocenters. The summed E-state index contributed by atoms with van der Waals surface area (Å²) < 4.78 is 0. The summed E-state index contributed by atoms with van der Waals surface area (Å²) in [6.07, 6.45) is 5.67. The van der Waals surface area contributed by atoms with Gasteiger partial charge in [-0.1, -0.05) is 30.3 Å². The highest BCUT2D eigenvalue weighted by atomic mass is 16.2. The Morgan fingerprint density at radius 1 is 1.29 bits per heavy atom. The Labute approximate surface area is 142 Å². The van der Waals surface area contributed by atoms with Gasteiger partial charge < -0.3 is 10.2 Å². The van der Waals surface area contributed by atoms with E-state index in [2.05, 4.69) is 27.4 Å². The average molecular weight is 322 g/mol. The van der Waals surface area contributed by atoms with E-state index in [9.17, 15) is 4.79 Å². The Kier molecular flexibility index (Phi) is 3.92. The van der Waals surface area contributed by atoms with Crippen molar-refractivity contribution < 1.29 is 4.79 Å². The molecule has 124 valence electrons. The molecule has 0 aliphatic carbocycles. The van der Waals surface area contributed by atoms with Gasteiger partial charge in [-0.2, -0.15) is 0 Å². The molecule has 1 saturated heterocycles. The minimum absolute atomic E-state index is 0.0460. The number of carbonyl (C=O) groups excluding carboxylic acids is 1.